The molecule has 16 heteroatoms. The van der Waals surface area contributed by atoms with Gasteiger partial charge in [0.1, 0.15) is 23.7 Å². The molecule has 1 aromatic heterocycles. The van der Waals surface area contributed by atoms with E-state index in [9.17, 15) is 41.3 Å². The monoisotopic (exact) mass is 610 g/mol. The van der Waals surface area contributed by atoms with Crippen LogP contribution < -0.4 is 9.64 Å². The summed E-state index contributed by atoms with van der Waals surface area (Å²) in [5.41, 5.74) is -3.37. The van der Waals surface area contributed by atoms with Gasteiger partial charge in [0.25, 0.3) is 5.69 Å². The normalized spacial score (nSPS) is 20.2. The molecule has 0 bridgehead atoms. The van der Waals surface area contributed by atoms with Crippen LogP contribution in [0.3, 0.4) is 0 Å². The highest BCUT2D eigenvalue weighted by molar-refractivity contribution is 6.33. The molecule has 0 spiro atoms. The lowest BCUT2D eigenvalue weighted by molar-refractivity contribution is -0.388. The van der Waals surface area contributed by atoms with Crippen molar-refractivity contribution in [1.82, 2.24) is 9.88 Å². The zero-order valence-corrected chi connectivity index (χ0v) is 22.1. The quantitative estimate of drug-likeness (QED) is 0.224. The van der Waals surface area contributed by atoms with E-state index < -0.39 is 40.2 Å². The molecule has 2 fully saturated rings. The lowest BCUT2D eigenvalue weighted by atomic mass is 9.95. The van der Waals surface area contributed by atoms with Crippen LogP contribution >= 0.6 is 11.6 Å². The number of amides is 1. The highest BCUT2D eigenvalue weighted by Crippen LogP contribution is 2.39. The van der Waals surface area contributed by atoms with E-state index >= 15 is 0 Å². The number of aromatic nitrogens is 1. The number of nitro groups is 1. The van der Waals surface area contributed by atoms with Crippen molar-refractivity contribution in [3.8, 4) is 5.75 Å². The summed E-state index contributed by atoms with van der Waals surface area (Å²) in [7, 11) is 0. The average molecular weight is 611 g/mol. The van der Waals surface area contributed by atoms with Crippen molar-refractivity contribution in [3.05, 3.63) is 56.7 Å². The van der Waals surface area contributed by atoms with Gasteiger partial charge >= 0.3 is 12.4 Å². The summed E-state index contributed by atoms with van der Waals surface area (Å²) in [6.45, 7) is 1.08. The summed E-state index contributed by atoms with van der Waals surface area (Å²) in [6, 6.07) is 3.35. The minimum Gasteiger partial charge on any atom is -0.490 e. The molecule has 0 radical (unpaired) electrons. The molecule has 0 N–H and O–H groups in total. The number of hydrogen-bond acceptors (Lipinski definition) is 7. The van der Waals surface area contributed by atoms with E-state index in [1.54, 1.807) is 9.80 Å². The minimum atomic E-state index is -4.90. The SMILES string of the molecule is O=C(COC1CCC(Oc2ccc([N+](=O)[O-])c(C(F)(F)F)c2)CC1)N1CCN(c2ncc(C(F)(F)F)cc2Cl)CC1. The summed E-state index contributed by atoms with van der Waals surface area (Å²) in [5.74, 6) is -0.153. The second kappa shape index (κ2) is 12.3. The van der Waals surface area contributed by atoms with Crippen molar-refractivity contribution < 1.29 is 45.5 Å². The Morgan fingerprint density at radius 2 is 1.63 bits per heavy atom. The van der Waals surface area contributed by atoms with Crippen molar-refractivity contribution in [1.29, 1.82) is 0 Å². The van der Waals surface area contributed by atoms with Crippen molar-refractivity contribution in [2.24, 2.45) is 0 Å². The molecule has 1 aromatic carbocycles. The highest BCUT2D eigenvalue weighted by atomic mass is 35.5. The summed E-state index contributed by atoms with van der Waals surface area (Å²) in [5, 5.41) is 10.8. The Morgan fingerprint density at radius 3 is 2.20 bits per heavy atom. The van der Waals surface area contributed by atoms with Gasteiger partial charge in [-0.2, -0.15) is 26.3 Å². The van der Waals surface area contributed by atoms with Crippen molar-refractivity contribution in [2.75, 3.05) is 37.7 Å². The van der Waals surface area contributed by atoms with Gasteiger partial charge in [0.2, 0.25) is 5.91 Å². The second-order valence-corrected chi connectivity index (χ2v) is 10.1. The number of nitrogens with zero attached hydrogens (tertiary/aromatic N) is 4. The molecule has 224 valence electrons. The number of pyridine rings is 1. The number of carbonyl (C=O) groups is 1. The number of benzene rings is 1. The van der Waals surface area contributed by atoms with E-state index in [1.807, 2.05) is 0 Å². The second-order valence-electron chi connectivity index (χ2n) is 9.66. The standard InChI is InChI=1S/C25H25ClF6N4O5/c26-20-11-15(24(27,28)29)13-33-23(20)35-9-7-34(8-10-35)22(37)14-40-16-1-3-17(4-2-16)41-18-5-6-21(36(38)39)19(12-18)25(30,31)32/h5-6,11-13,16-17H,1-4,7-10,14H2. The number of halogens is 7. The largest absolute Gasteiger partial charge is 0.490 e. The molecule has 1 aliphatic heterocycles. The van der Waals surface area contributed by atoms with Crippen LogP contribution in [0.2, 0.25) is 5.02 Å². The predicted octanol–water partition coefficient (Wildman–Crippen LogP) is 5.74. The molecule has 1 saturated heterocycles. The van der Waals surface area contributed by atoms with E-state index in [-0.39, 0.29) is 35.2 Å². The van der Waals surface area contributed by atoms with E-state index in [0.29, 0.717) is 57.9 Å². The smallest absolute Gasteiger partial charge is 0.423 e. The van der Waals surface area contributed by atoms with E-state index in [1.165, 1.54) is 0 Å². The zero-order valence-electron chi connectivity index (χ0n) is 21.4. The van der Waals surface area contributed by atoms with Gasteiger partial charge < -0.3 is 19.3 Å². The third-order valence-electron chi connectivity index (χ3n) is 6.92. The first-order valence-corrected chi connectivity index (χ1v) is 13.0. The van der Waals surface area contributed by atoms with Gasteiger partial charge in [-0.15, -0.1) is 0 Å². The van der Waals surface area contributed by atoms with Gasteiger partial charge in [-0.3, -0.25) is 14.9 Å². The fourth-order valence-electron chi connectivity index (χ4n) is 4.75. The molecule has 9 nitrogen and oxygen atoms in total. The number of piperazine rings is 1. The molecule has 2 heterocycles. The molecular formula is C25H25ClF6N4O5. The van der Waals surface area contributed by atoms with Crippen LogP contribution in [0.25, 0.3) is 0 Å². The maximum Gasteiger partial charge on any atom is 0.423 e. The van der Waals surface area contributed by atoms with Crippen LogP contribution in [-0.2, 0) is 21.9 Å². The minimum absolute atomic E-state index is 0.116. The van der Waals surface area contributed by atoms with Crippen molar-refractivity contribution in [2.45, 2.75) is 50.2 Å². The van der Waals surface area contributed by atoms with Crippen LogP contribution in [0.5, 0.6) is 5.75 Å². The highest BCUT2D eigenvalue weighted by Gasteiger charge is 2.39. The van der Waals surface area contributed by atoms with Gasteiger partial charge in [-0.25, -0.2) is 4.98 Å². The molecular weight excluding hydrogens is 586 g/mol. The summed E-state index contributed by atoms with van der Waals surface area (Å²) in [6.07, 6.45) is -7.49. The Labute approximate surface area is 235 Å². The van der Waals surface area contributed by atoms with E-state index in [2.05, 4.69) is 4.98 Å². The number of nitro benzene ring substituents is 1. The number of ether oxygens (including phenoxy) is 2. The third kappa shape index (κ3) is 7.70. The Balaban J connectivity index is 1.21. The number of carbonyl (C=O) groups excluding carboxylic acids is 1. The van der Waals surface area contributed by atoms with Gasteiger partial charge in [0.15, 0.2) is 0 Å². The third-order valence-corrected chi connectivity index (χ3v) is 7.20. The molecule has 1 amide bonds. The summed E-state index contributed by atoms with van der Waals surface area (Å²) < 4.78 is 89.6. The van der Waals surface area contributed by atoms with Crippen molar-refractivity contribution in [3.63, 3.8) is 0 Å². The van der Waals surface area contributed by atoms with E-state index in [0.717, 1.165) is 24.4 Å². The van der Waals surface area contributed by atoms with Crippen LogP contribution in [0, 0.1) is 10.1 Å². The summed E-state index contributed by atoms with van der Waals surface area (Å²) >= 11 is 6.02. The van der Waals surface area contributed by atoms with Crippen LogP contribution in [-0.4, -0.2) is 65.7 Å². The number of anilines is 1. The molecule has 41 heavy (non-hydrogen) atoms. The average Bonchev–Trinajstić information content (AvgIpc) is 2.91. The lowest BCUT2D eigenvalue weighted by Crippen LogP contribution is -2.50. The van der Waals surface area contributed by atoms with Crippen LogP contribution in [0.4, 0.5) is 37.8 Å². The Bertz CT molecular complexity index is 1260. The molecule has 1 aliphatic carbocycles. The fraction of sp³-hybridized carbons (Fsp3) is 0.520. The predicted molar refractivity (Wildman–Crippen MR) is 134 cm³/mol. The van der Waals surface area contributed by atoms with Gasteiger partial charge in [-0.1, -0.05) is 11.6 Å². The molecule has 0 atom stereocenters. The molecule has 2 aliphatic rings. The topological polar surface area (TPSA) is 98.0 Å². The Hall–Kier alpha value is -3.33. The van der Waals surface area contributed by atoms with Gasteiger partial charge in [0, 0.05) is 38.4 Å². The van der Waals surface area contributed by atoms with Crippen LogP contribution in [0.1, 0.15) is 36.8 Å². The molecule has 1 saturated carbocycles. The summed E-state index contributed by atoms with van der Waals surface area (Å²) in [4.78, 5) is 29.6. The number of rotatable bonds is 7. The van der Waals surface area contributed by atoms with Crippen molar-refractivity contribution >= 4 is 29.0 Å². The Kier molecular flexibility index (Phi) is 9.16. The zero-order chi connectivity index (χ0) is 29.9. The maximum absolute atomic E-state index is 13.2. The fourth-order valence-corrected chi connectivity index (χ4v) is 5.04. The molecule has 0 unspecified atom stereocenters. The maximum atomic E-state index is 13.2. The van der Waals surface area contributed by atoms with Gasteiger partial charge in [0.05, 0.1) is 27.7 Å². The molecule has 4 rings (SSSR count). The molecule has 2 aromatic rings. The Morgan fingerprint density at radius 1 is 1.00 bits per heavy atom. The first-order chi connectivity index (χ1) is 19.2. The first kappa shape index (κ1) is 30.6. The van der Waals surface area contributed by atoms with Gasteiger partial charge in [-0.05, 0) is 43.9 Å². The van der Waals surface area contributed by atoms with E-state index in [4.69, 9.17) is 21.1 Å². The number of hydrogen-bond donors (Lipinski definition) is 0. The number of alkyl halides is 6. The van der Waals surface area contributed by atoms with Crippen LogP contribution in [0.15, 0.2) is 30.5 Å². The lowest BCUT2D eigenvalue weighted by Gasteiger charge is -2.36. The first-order valence-electron chi connectivity index (χ1n) is 12.6.